The Balaban J connectivity index is 3.10. The predicted octanol–water partition coefficient (Wildman–Crippen LogP) is 2.99. The molecule has 1 N–H and O–H groups in total. The Morgan fingerprint density at radius 1 is 1.37 bits per heavy atom. The summed E-state index contributed by atoms with van der Waals surface area (Å²) in [5.74, 6) is 0.661. The molecule has 1 aromatic heterocycles. The van der Waals surface area contributed by atoms with E-state index < -0.39 is 12.7 Å². The van der Waals surface area contributed by atoms with Crippen LogP contribution in [0.2, 0.25) is 0 Å². The van der Waals surface area contributed by atoms with Crippen LogP contribution in [0.1, 0.15) is 26.3 Å². The number of aromatic nitrogens is 2. The van der Waals surface area contributed by atoms with Gasteiger partial charge in [0, 0.05) is 24.3 Å². The van der Waals surface area contributed by atoms with Crippen LogP contribution in [-0.4, -0.2) is 35.3 Å². The van der Waals surface area contributed by atoms with Gasteiger partial charge in [-0.2, -0.15) is 18.2 Å². The second-order valence-electron chi connectivity index (χ2n) is 4.57. The summed E-state index contributed by atoms with van der Waals surface area (Å²) >= 11 is 0. The summed E-state index contributed by atoms with van der Waals surface area (Å²) in [7, 11) is 0. The van der Waals surface area contributed by atoms with E-state index in [2.05, 4.69) is 15.3 Å². The van der Waals surface area contributed by atoms with Gasteiger partial charge in [0.25, 0.3) is 0 Å². The molecule has 0 bridgehead atoms. The summed E-state index contributed by atoms with van der Waals surface area (Å²) in [4.78, 5) is 9.44. The minimum Gasteiger partial charge on any atom is -0.354 e. The van der Waals surface area contributed by atoms with Gasteiger partial charge >= 0.3 is 6.18 Å². The fourth-order valence-electron chi connectivity index (χ4n) is 1.66. The molecule has 0 saturated heterocycles. The maximum absolute atomic E-state index is 12.6. The third kappa shape index (κ3) is 4.57. The third-order valence-corrected chi connectivity index (χ3v) is 2.52. The van der Waals surface area contributed by atoms with Crippen LogP contribution in [0.25, 0.3) is 0 Å². The van der Waals surface area contributed by atoms with Crippen LogP contribution in [0.15, 0.2) is 6.20 Å². The van der Waals surface area contributed by atoms with Gasteiger partial charge in [-0.25, -0.2) is 4.98 Å². The average Bonchev–Trinajstić information content (AvgIpc) is 2.28. The van der Waals surface area contributed by atoms with Crippen molar-refractivity contribution in [2.45, 2.75) is 39.9 Å². The summed E-state index contributed by atoms with van der Waals surface area (Å²) < 4.78 is 37.9. The van der Waals surface area contributed by atoms with Crippen LogP contribution in [-0.2, 0) is 0 Å². The zero-order chi connectivity index (χ0) is 14.6. The maximum Gasteiger partial charge on any atom is 0.405 e. The van der Waals surface area contributed by atoms with Gasteiger partial charge in [-0.1, -0.05) is 0 Å². The number of alkyl halides is 3. The minimum atomic E-state index is -4.26. The second-order valence-corrected chi connectivity index (χ2v) is 4.57. The van der Waals surface area contributed by atoms with Gasteiger partial charge < -0.3 is 10.2 Å². The van der Waals surface area contributed by atoms with Gasteiger partial charge in [0.05, 0.1) is 0 Å². The molecule has 108 valence electrons. The van der Waals surface area contributed by atoms with Crippen molar-refractivity contribution in [2.75, 3.05) is 23.3 Å². The SMILES string of the molecule is CCNc1ncc(C)c(N(CC(F)(F)F)C(C)C)n1. The number of aryl methyl sites for hydroxylation is 1. The van der Waals surface area contributed by atoms with Crippen molar-refractivity contribution in [3.63, 3.8) is 0 Å². The van der Waals surface area contributed by atoms with Crippen LogP contribution in [0.5, 0.6) is 0 Å². The highest BCUT2D eigenvalue weighted by Gasteiger charge is 2.33. The van der Waals surface area contributed by atoms with Crippen LogP contribution in [0, 0.1) is 6.92 Å². The number of rotatable bonds is 5. The first kappa shape index (κ1) is 15.5. The molecule has 0 unspecified atom stereocenters. The molecular formula is C12H19F3N4. The molecule has 1 aromatic rings. The smallest absolute Gasteiger partial charge is 0.354 e. The topological polar surface area (TPSA) is 41.1 Å². The van der Waals surface area contributed by atoms with Crippen molar-refractivity contribution < 1.29 is 13.2 Å². The van der Waals surface area contributed by atoms with Crippen LogP contribution in [0.4, 0.5) is 24.9 Å². The highest BCUT2D eigenvalue weighted by Crippen LogP contribution is 2.25. The van der Waals surface area contributed by atoms with E-state index in [1.165, 1.54) is 11.1 Å². The van der Waals surface area contributed by atoms with Gasteiger partial charge in [-0.05, 0) is 27.7 Å². The number of nitrogens with zero attached hydrogens (tertiary/aromatic N) is 3. The first-order valence-corrected chi connectivity index (χ1v) is 6.15. The maximum atomic E-state index is 12.6. The molecule has 0 atom stereocenters. The molecule has 0 saturated carbocycles. The Kier molecular flexibility index (Phi) is 4.97. The lowest BCUT2D eigenvalue weighted by Crippen LogP contribution is -2.40. The van der Waals surface area contributed by atoms with Crippen molar-refractivity contribution in [3.05, 3.63) is 11.8 Å². The van der Waals surface area contributed by atoms with Gasteiger partial charge in [-0.15, -0.1) is 0 Å². The molecule has 19 heavy (non-hydrogen) atoms. The third-order valence-electron chi connectivity index (χ3n) is 2.52. The summed E-state index contributed by atoms with van der Waals surface area (Å²) in [6, 6.07) is -0.301. The largest absolute Gasteiger partial charge is 0.405 e. The number of anilines is 2. The van der Waals surface area contributed by atoms with E-state index >= 15 is 0 Å². The molecule has 1 rings (SSSR count). The van der Waals surface area contributed by atoms with Crippen LogP contribution < -0.4 is 10.2 Å². The standard InChI is InChI=1S/C12H19F3N4/c1-5-16-11-17-6-9(4)10(18-11)19(8(2)3)7-12(13,14)15/h6,8H,5,7H2,1-4H3,(H,16,17,18). The van der Waals surface area contributed by atoms with Crippen molar-refractivity contribution >= 4 is 11.8 Å². The highest BCUT2D eigenvalue weighted by atomic mass is 19.4. The highest BCUT2D eigenvalue weighted by molar-refractivity contribution is 5.49. The molecule has 0 aromatic carbocycles. The Morgan fingerprint density at radius 3 is 2.47 bits per heavy atom. The molecule has 0 radical (unpaired) electrons. The van der Waals surface area contributed by atoms with Crippen molar-refractivity contribution in [1.82, 2.24) is 9.97 Å². The molecule has 4 nitrogen and oxygen atoms in total. The number of nitrogens with one attached hydrogen (secondary N) is 1. The molecule has 7 heteroatoms. The Labute approximate surface area is 111 Å². The molecule has 0 aliphatic carbocycles. The lowest BCUT2D eigenvalue weighted by atomic mass is 10.2. The zero-order valence-electron chi connectivity index (χ0n) is 11.5. The molecule has 0 aliphatic heterocycles. The first-order valence-electron chi connectivity index (χ1n) is 6.15. The van der Waals surface area contributed by atoms with E-state index in [0.717, 1.165) is 0 Å². The Bertz CT molecular complexity index is 418. The van der Waals surface area contributed by atoms with E-state index in [0.29, 0.717) is 23.9 Å². The summed E-state index contributed by atoms with van der Waals surface area (Å²) in [5, 5.41) is 2.90. The fourth-order valence-corrected chi connectivity index (χ4v) is 1.66. The van der Waals surface area contributed by atoms with Crippen LogP contribution in [0.3, 0.4) is 0 Å². The number of hydrogen-bond donors (Lipinski definition) is 1. The van der Waals surface area contributed by atoms with Crippen LogP contribution >= 0.6 is 0 Å². The van der Waals surface area contributed by atoms with Gasteiger partial charge in [0.15, 0.2) is 0 Å². The summed E-state index contributed by atoms with van der Waals surface area (Å²) in [6.45, 7) is 6.59. The minimum absolute atomic E-state index is 0.301. The number of hydrogen-bond acceptors (Lipinski definition) is 4. The molecule has 0 amide bonds. The Hall–Kier alpha value is -1.53. The predicted molar refractivity (Wildman–Crippen MR) is 69.5 cm³/mol. The van der Waals surface area contributed by atoms with Gasteiger partial charge in [0.2, 0.25) is 5.95 Å². The molecular weight excluding hydrogens is 257 g/mol. The van der Waals surface area contributed by atoms with Gasteiger partial charge in [-0.3, -0.25) is 0 Å². The van der Waals surface area contributed by atoms with Crippen molar-refractivity contribution in [2.24, 2.45) is 0 Å². The lowest BCUT2D eigenvalue weighted by Gasteiger charge is -2.30. The van der Waals surface area contributed by atoms with Gasteiger partial charge in [0.1, 0.15) is 12.4 Å². The second kappa shape index (κ2) is 6.08. The average molecular weight is 276 g/mol. The Morgan fingerprint density at radius 2 is 2.00 bits per heavy atom. The zero-order valence-corrected chi connectivity index (χ0v) is 11.5. The molecule has 1 heterocycles. The van der Waals surface area contributed by atoms with Crippen molar-refractivity contribution in [1.29, 1.82) is 0 Å². The first-order chi connectivity index (χ1) is 8.74. The van der Waals surface area contributed by atoms with E-state index in [1.54, 1.807) is 20.8 Å². The summed E-state index contributed by atoms with van der Waals surface area (Å²) in [5.41, 5.74) is 0.625. The van der Waals surface area contributed by atoms with E-state index in [1.807, 2.05) is 6.92 Å². The summed E-state index contributed by atoms with van der Waals surface area (Å²) in [6.07, 6.45) is -2.73. The fraction of sp³-hybridized carbons (Fsp3) is 0.667. The monoisotopic (exact) mass is 276 g/mol. The number of halogens is 3. The van der Waals surface area contributed by atoms with Crippen molar-refractivity contribution in [3.8, 4) is 0 Å². The molecule has 0 fully saturated rings. The quantitative estimate of drug-likeness (QED) is 0.897. The van der Waals surface area contributed by atoms with E-state index in [-0.39, 0.29) is 6.04 Å². The van der Waals surface area contributed by atoms with E-state index in [9.17, 15) is 13.2 Å². The lowest BCUT2D eigenvalue weighted by molar-refractivity contribution is -0.120. The molecule has 0 spiro atoms. The van der Waals surface area contributed by atoms with E-state index in [4.69, 9.17) is 0 Å². The normalized spacial score (nSPS) is 11.8. The molecule has 0 aliphatic rings.